The van der Waals surface area contributed by atoms with Gasteiger partial charge in [0.05, 0.1) is 25.4 Å². The van der Waals surface area contributed by atoms with Crippen LogP contribution in [0, 0.1) is 5.92 Å². The van der Waals surface area contributed by atoms with E-state index in [1.807, 2.05) is 4.90 Å². The molecule has 2 fully saturated rings. The van der Waals surface area contributed by atoms with Gasteiger partial charge in [-0.05, 0) is 32.1 Å². The molecule has 4 atom stereocenters. The van der Waals surface area contributed by atoms with E-state index in [9.17, 15) is 9.90 Å². The Bertz CT molecular complexity index is 322. The van der Waals surface area contributed by atoms with E-state index in [1.54, 1.807) is 6.92 Å². The summed E-state index contributed by atoms with van der Waals surface area (Å²) in [6.07, 6.45) is 4.83. The molecule has 2 rings (SSSR count). The van der Waals surface area contributed by atoms with E-state index in [0.29, 0.717) is 38.1 Å². The molecule has 0 spiro atoms. The molecule has 5 nitrogen and oxygen atoms in total. The number of hydrogen-bond acceptors (Lipinski definition) is 3. The SMILES string of the molecule is CC[C@@H]1CCC[C@@H]1NC(=O)N1CCOC[C@@H]1C[C@@H](C)O. The number of ether oxygens (including phenoxy) is 1. The van der Waals surface area contributed by atoms with E-state index < -0.39 is 6.10 Å². The largest absolute Gasteiger partial charge is 0.393 e. The lowest BCUT2D eigenvalue weighted by Crippen LogP contribution is -2.55. The fourth-order valence-electron chi connectivity index (χ4n) is 3.47. The molecule has 2 amide bonds. The highest BCUT2D eigenvalue weighted by Gasteiger charge is 2.32. The van der Waals surface area contributed by atoms with E-state index >= 15 is 0 Å². The lowest BCUT2D eigenvalue weighted by atomic mass is 10.0. The first-order valence-electron chi connectivity index (χ1n) is 7.94. The van der Waals surface area contributed by atoms with Crippen LogP contribution in [0.2, 0.25) is 0 Å². The highest BCUT2D eigenvalue weighted by Crippen LogP contribution is 2.28. The molecule has 0 aromatic heterocycles. The van der Waals surface area contributed by atoms with E-state index in [4.69, 9.17) is 4.74 Å². The summed E-state index contributed by atoms with van der Waals surface area (Å²) in [4.78, 5) is 14.3. The molecule has 1 heterocycles. The van der Waals surface area contributed by atoms with Crippen molar-refractivity contribution in [3.63, 3.8) is 0 Å². The van der Waals surface area contributed by atoms with Gasteiger partial charge in [-0.3, -0.25) is 0 Å². The summed E-state index contributed by atoms with van der Waals surface area (Å²) in [5, 5.41) is 12.8. The quantitative estimate of drug-likeness (QED) is 0.826. The highest BCUT2D eigenvalue weighted by molar-refractivity contribution is 5.75. The Labute approximate surface area is 121 Å². The van der Waals surface area contributed by atoms with Crippen LogP contribution in [0.4, 0.5) is 4.79 Å². The number of rotatable bonds is 4. The number of urea groups is 1. The molecule has 20 heavy (non-hydrogen) atoms. The number of carbonyl (C=O) groups excluding carboxylic acids is 1. The van der Waals surface area contributed by atoms with Gasteiger partial charge >= 0.3 is 6.03 Å². The zero-order valence-electron chi connectivity index (χ0n) is 12.7. The van der Waals surface area contributed by atoms with E-state index in [1.165, 1.54) is 12.8 Å². The smallest absolute Gasteiger partial charge is 0.318 e. The number of carbonyl (C=O) groups is 1. The maximum absolute atomic E-state index is 12.5. The van der Waals surface area contributed by atoms with E-state index in [2.05, 4.69) is 12.2 Å². The third kappa shape index (κ3) is 3.85. The summed E-state index contributed by atoms with van der Waals surface area (Å²) in [5.41, 5.74) is 0. The van der Waals surface area contributed by atoms with Gasteiger partial charge in [-0.2, -0.15) is 0 Å². The number of hydrogen-bond donors (Lipinski definition) is 2. The Kier molecular flexibility index (Phi) is 5.66. The zero-order valence-corrected chi connectivity index (χ0v) is 12.7. The van der Waals surface area contributed by atoms with Crippen LogP contribution in [0.15, 0.2) is 0 Å². The van der Waals surface area contributed by atoms with Crippen LogP contribution >= 0.6 is 0 Å². The van der Waals surface area contributed by atoms with Crippen molar-refractivity contribution < 1.29 is 14.6 Å². The lowest BCUT2D eigenvalue weighted by molar-refractivity contribution is -0.00504. The third-order valence-corrected chi connectivity index (χ3v) is 4.59. The molecule has 116 valence electrons. The van der Waals surface area contributed by atoms with Gasteiger partial charge in [-0.25, -0.2) is 4.79 Å². The molecule has 0 aromatic carbocycles. The Morgan fingerprint density at radius 1 is 1.50 bits per heavy atom. The molecule has 2 N–H and O–H groups in total. The first-order chi connectivity index (χ1) is 9.61. The molecule has 0 bridgehead atoms. The van der Waals surface area contributed by atoms with Crippen molar-refractivity contribution >= 4 is 6.03 Å². The standard InChI is InChI=1S/C15H28N2O3/c1-3-12-5-4-6-14(12)16-15(19)17-7-8-20-10-13(17)9-11(2)18/h11-14,18H,3-10H2,1-2H3,(H,16,19)/t11-,12-,13+,14+/m1/s1. The topological polar surface area (TPSA) is 61.8 Å². The minimum atomic E-state index is -0.410. The van der Waals surface area contributed by atoms with Gasteiger partial charge in [0.25, 0.3) is 0 Å². The maximum atomic E-state index is 12.5. The molecule has 1 saturated heterocycles. The second-order valence-electron chi connectivity index (χ2n) is 6.16. The van der Waals surface area contributed by atoms with Gasteiger partial charge in [-0.15, -0.1) is 0 Å². The van der Waals surface area contributed by atoms with Crippen LogP contribution in [-0.4, -0.2) is 54.0 Å². The number of aliphatic hydroxyl groups excluding tert-OH is 1. The fraction of sp³-hybridized carbons (Fsp3) is 0.933. The van der Waals surface area contributed by atoms with Crippen molar-refractivity contribution in [2.24, 2.45) is 5.92 Å². The number of amides is 2. The van der Waals surface area contributed by atoms with Crippen LogP contribution in [0.1, 0.15) is 46.0 Å². The van der Waals surface area contributed by atoms with Crippen LogP contribution in [0.3, 0.4) is 0 Å². The Morgan fingerprint density at radius 3 is 3.00 bits per heavy atom. The Balaban J connectivity index is 1.91. The van der Waals surface area contributed by atoms with Crippen molar-refractivity contribution in [2.45, 2.75) is 64.1 Å². The molecule has 1 aliphatic heterocycles. The monoisotopic (exact) mass is 284 g/mol. The van der Waals surface area contributed by atoms with Crippen molar-refractivity contribution in [1.29, 1.82) is 0 Å². The third-order valence-electron chi connectivity index (χ3n) is 4.59. The Morgan fingerprint density at radius 2 is 2.30 bits per heavy atom. The normalized spacial score (nSPS) is 32.1. The molecule has 1 aliphatic carbocycles. The molecule has 1 saturated carbocycles. The first kappa shape index (κ1) is 15.6. The minimum absolute atomic E-state index is 0.00905. The summed E-state index contributed by atoms with van der Waals surface area (Å²) in [5.74, 6) is 0.621. The van der Waals surface area contributed by atoms with Crippen molar-refractivity contribution in [3.05, 3.63) is 0 Å². The number of nitrogens with one attached hydrogen (secondary N) is 1. The lowest BCUT2D eigenvalue weighted by Gasteiger charge is -2.37. The van der Waals surface area contributed by atoms with Gasteiger partial charge < -0.3 is 20.1 Å². The van der Waals surface area contributed by atoms with Crippen LogP contribution < -0.4 is 5.32 Å². The van der Waals surface area contributed by atoms with Gasteiger partial charge in [0.2, 0.25) is 0 Å². The fourth-order valence-corrected chi connectivity index (χ4v) is 3.47. The van der Waals surface area contributed by atoms with Crippen LogP contribution in [-0.2, 0) is 4.74 Å². The van der Waals surface area contributed by atoms with Crippen molar-refractivity contribution in [1.82, 2.24) is 10.2 Å². The first-order valence-corrected chi connectivity index (χ1v) is 7.94. The highest BCUT2D eigenvalue weighted by atomic mass is 16.5. The van der Waals surface area contributed by atoms with E-state index in [-0.39, 0.29) is 12.1 Å². The molecule has 5 heteroatoms. The van der Waals surface area contributed by atoms with Crippen LogP contribution in [0.5, 0.6) is 0 Å². The molecular weight excluding hydrogens is 256 g/mol. The number of morpholine rings is 1. The molecule has 2 aliphatic rings. The van der Waals surface area contributed by atoms with Crippen LogP contribution in [0.25, 0.3) is 0 Å². The second-order valence-corrected chi connectivity index (χ2v) is 6.16. The van der Waals surface area contributed by atoms with Gasteiger partial charge in [0, 0.05) is 12.6 Å². The predicted molar refractivity (Wildman–Crippen MR) is 77.6 cm³/mol. The van der Waals surface area contributed by atoms with Gasteiger partial charge in [0.15, 0.2) is 0 Å². The molecular formula is C15H28N2O3. The predicted octanol–water partition coefficient (Wildman–Crippen LogP) is 1.75. The number of nitrogens with zero attached hydrogens (tertiary/aromatic N) is 1. The molecule has 0 aromatic rings. The maximum Gasteiger partial charge on any atom is 0.318 e. The van der Waals surface area contributed by atoms with Crippen molar-refractivity contribution in [3.8, 4) is 0 Å². The van der Waals surface area contributed by atoms with Gasteiger partial charge in [-0.1, -0.05) is 19.8 Å². The number of aliphatic hydroxyl groups is 1. The summed E-state index contributed by atoms with van der Waals surface area (Å²) in [7, 11) is 0. The zero-order chi connectivity index (χ0) is 14.5. The average Bonchev–Trinajstić information content (AvgIpc) is 2.85. The van der Waals surface area contributed by atoms with E-state index in [0.717, 1.165) is 12.8 Å². The van der Waals surface area contributed by atoms with Gasteiger partial charge in [0.1, 0.15) is 0 Å². The molecule has 0 radical (unpaired) electrons. The summed E-state index contributed by atoms with van der Waals surface area (Å²) >= 11 is 0. The minimum Gasteiger partial charge on any atom is -0.393 e. The van der Waals surface area contributed by atoms with Crippen molar-refractivity contribution in [2.75, 3.05) is 19.8 Å². The average molecular weight is 284 g/mol. The summed E-state index contributed by atoms with van der Waals surface area (Å²) < 4.78 is 5.44. The summed E-state index contributed by atoms with van der Waals surface area (Å²) in [6.45, 7) is 5.69. The Hall–Kier alpha value is -0.810. The summed E-state index contributed by atoms with van der Waals surface area (Å²) in [6, 6.07) is 0.331. The second kappa shape index (κ2) is 7.27. The molecule has 0 unspecified atom stereocenters.